The highest BCUT2D eigenvalue weighted by atomic mass is 32.1. The summed E-state index contributed by atoms with van der Waals surface area (Å²) in [6, 6.07) is 19.0. The number of esters is 1. The number of carbonyl (C=O) groups is 2. The zero-order chi connectivity index (χ0) is 24.9. The fraction of sp³-hybridized carbons (Fsp3) is 0.111. The average Bonchev–Trinajstić information content (AvgIpc) is 3.55. The van der Waals surface area contributed by atoms with Crippen molar-refractivity contribution in [1.82, 2.24) is 14.5 Å². The number of methoxy groups -OCH3 is 1. The van der Waals surface area contributed by atoms with Gasteiger partial charge < -0.3 is 19.9 Å². The predicted molar refractivity (Wildman–Crippen MR) is 140 cm³/mol. The first kappa shape index (κ1) is 23.3. The number of nitrogens with zero attached hydrogens (tertiary/aromatic N) is 3. The second-order valence-electron chi connectivity index (χ2n) is 8.01. The SMILES string of the molecule is COC(=O)c1c(NC(=O)c2cccnc2)c2cc(NCc3cccs3)cnc2n1Cc1ccccc1. The van der Waals surface area contributed by atoms with Gasteiger partial charge in [-0.1, -0.05) is 36.4 Å². The number of hydrogen-bond donors (Lipinski definition) is 2. The molecule has 0 aliphatic rings. The molecule has 0 bridgehead atoms. The fourth-order valence-electron chi connectivity index (χ4n) is 3.96. The molecule has 0 atom stereocenters. The molecular weight excluding hydrogens is 474 g/mol. The van der Waals surface area contributed by atoms with E-state index in [2.05, 4.69) is 26.7 Å². The van der Waals surface area contributed by atoms with Crippen LogP contribution in [0.1, 0.15) is 31.3 Å². The van der Waals surface area contributed by atoms with Gasteiger partial charge in [0, 0.05) is 35.7 Å². The number of ether oxygens (including phenoxy) is 1. The summed E-state index contributed by atoms with van der Waals surface area (Å²) in [6.07, 6.45) is 4.80. The second-order valence-corrected chi connectivity index (χ2v) is 9.04. The van der Waals surface area contributed by atoms with Gasteiger partial charge in [0.15, 0.2) is 5.69 Å². The molecule has 5 rings (SSSR count). The molecule has 0 fully saturated rings. The van der Waals surface area contributed by atoms with E-state index >= 15 is 0 Å². The molecule has 0 spiro atoms. The van der Waals surface area contributed by atoms with Crippen LogP contribution < -0.4 is 10.6 Å². The first-order valence-corrected chi connectivity index (χ1v) is 12.1. The quantitative estimate of drug-likeness (QED) is 0.286. The molecule has 4 heterocycles. The number of pyridine rings is 2. The highest BCUT2D eigenvalue weighted by Crippen LogP contribution is 2.34. The van der Waals surface area contributed by atoms with Crippen LogP contribution in [0.3, 0.4) is 0 Å². The van der Waals surface area contributed by atoms with E-state index < -0.39 is 5.97 Å². The number of thiophene rings is 1. The smallest absolute Gasteiger partial charge is 0.356 e. The van der Waals surface area contributed by atoms with Crippen molar-refractivity contribution < 1.29 is 14.3 Å². The number of benzene rings is 1. The first-order chi connectivity index (χ1) is 17.6. The number of hydrogen-bond acceptors (Lipinski definition) is 7. The van der Waals surface area contributed by atoms with Crippen LogP contribution in [0.5, 0.6) is 0 Å². The molecule has 0 aliphatic carbocycles. The lowest BCUT2D eigenvalue weighted by molar-refractivity contribution is 0.0591. The third kappa shape index (κ3) is 4.82. The van der Waals surface area contributed by atoms with Crippen LogP contribution in [-0.4, -0.2) is 33.5 Å². The molecule has 180 valence electrons. The normalized spacial score (nSPS) is 10.8. The molecular formula is C27H23N5O3S. The lowest BCUT2D eigenvalue weighted by Crippen LogP contribution is -2.17. The van der Waals surface area contributed by atoms with Gasteiger partial charge in [0.25, 0.3) is 5.91 Å². The van der Waals surface area contributed by atoms with Crippen LogP contribution in [0, 0.1) is 0 Å². The highest BCUT2D eigenvalue weighted by molar-refractivity contribution is 7.09. The van der Waals surface area contributed by atoms with Crippen molar-refractivity contribution in [3.05, 3.63) is 106 Å². The van der Waals surface area contributed by atoms with E-state index in [0.717, 1.165) is 11.3 Å². The molecule has 1 amide bonds. The number of fused-ring (bicyclic) bond motifs is 1. The average molecular weight is 498 g/mol. The Labute approximate surface area is 211 Å². The Morgan fingerprint density at radius 3 is 2.64 bits per heavy atom. The summed E-state index contributed by atoms with van der Waals surface area (Å²) in [5.74, 6) is -0.956. The highest BCUT2D eigenvalue weighted by Gasteiger charge is 2.26. The van der Waals surface area contributed by atoms with E-state index in [1.54, 1.807) is 40.4 Å². The van der Waals surface area contributed by atoms with Gasteiger partial charge >= 0.3 is 5.97 Å². The molecule has 0 unspecified atom stereocenters. The van der Waals surface area contributed by atoms with Crippen LogP contribution in [0.15, 0.2) is 84.6 Å². The van der Waals surface area contributed by atoms with Gasteiger partial charge in [0.05, 0.1) is 30.2 Å². The number of rotatable bonds is 8. The van der Waals surface area contributed by atoms with Crippen molar-refractivity contribution in [3.8, 4) is 0 Å². The molecule has 9 heteroatoms. The Kier molecular flexibility index (Phi) is 6.72. The topological polar surface area (TPSA) is 98.1 Å². The molecule has 2 N–H and O–H groups in total. The maximum absolute atomic E-state index is 13.1. The number of nitrogens with one attached hydrogen (secondary N) is 2. The van der Waals surface area contributed by atoms with Crippen LogP contribution in [0.4, 0.5) is 11.4 Å². The molecule has 0 saturated carbocycles. The zero-order valence-electron chi connectivity index (χ0n) is 19.5. The molecule has 36 heavy (non-hydrogen) atoms. The zero-order valence-corrected chi connectivity index (χ0v) is 20.3. The van der Waals surface area contributed by atoms with E-state index in [9.17, 15) is 9.59 Å². The summed E-state index contributed by atoms with van der Waals surface area (Å²) in [5, 5.41) is 8.94. The minimum absolute atomic E-state index is 0.219. The fourth-order valence-corrected chi connectivity index (χ4v) is 4.61. The maximum atomic E-state index is 13.1. The summed E-state index contributed by atoms with van der Waals surface area (Å²) in [5.41, 5.74) is 3.23. The Balaban J connectivity index is 1.62. The molecule has 5 aromatic rings. The largest absolute Gasteiger partial charge is 0.464 e. The molecule has 0 saturated heterocycles. The van der Waals surface area contributed by atoms with Gasteiger partial charge in [-0.25, -0.2) is 9.78 Å². The van der Waals surface area contributed by atoms with Gasteiger partial charge in [-0.15, -0.1) is 11.3 Å². The predicted octanol–water partition coefficient (Wildman–Crippen LogP) is 5.19. The monoisotopic (exact) mass is 497 g/mol. The van der Waals surface area contributed by atoms with E-state index in [1.165, 1.54) is 18.2 Å². The summed E-state index contributed by atoms with van der Waals surface area (Å²) in [4.78, 5) is 36.1. The summed E-state index contributed by atoms with van der Waals surface area (Å²) in [6.45, 7) is 1.01. The van der Waals surface area contributed by atoms with E-state index in [1.807, 2.05) is 47.8 Å². The standard InChI is InChI=1S/C27H23N5O3S/c1-35-27(34)24-23(31-26(33)19-9-5-11-28-14-19)22-13-20(29-16-21-10-6-12-36-21)15-30-25(22)32(24)17-18-7-3-2-4-8-18/h2-15,29H,16-17H2,1H3,(H,31,33). The van der Waals surface area contributed by atoms with Crippen molar-refractivity contribution in [2.75, 3.05) is 17.7 Å². The van der Waals surface area contributed by atoms with E-state index in [4.69, 9.17) is 4.74 Å². The van der Waals surface area contributed by atoms with Crippen LogP contribution >= 0.6 is 11.3 Å². The third-order valence-electron chi connectivity index (χ3n) is 5.67. The van der Waals surface area contributed by atoms with Crippen molar-refractivity contribution in [3.63, 3.8) is 0 Å². The van der Waals surface area contributed by atoms with Gasteiger partial charge in [0.1, 0.15) is 5.65 Å². The van der Waals surface area contributed by atoms with E-state index in [0.29, 0.717) is 35.4 Å². The van der Waals surface area contributed by atoms with Gasteiger partial charge in [0.2, 0.25) is 0 Å². The van der Waals surface area contributed by atoms with Crippen LogP contribution in [0.2, 0.25) is 0 Å². The Morgan fingerprint density at radius 2 is 1.92 bits per heavy atom. The third-order valence-corrected chi connectivity index (χ3v) is 6.55. The number of aromatic nitrogens is 3. The minimum Gasteiger partial charge on any atom is -0.464 e. The molecule has 4 aromatic heterocycles. The molecule has 0 radical (unpaired) electrons. The summed E-state index contributed by atoms with van der Waals surface area (Å²) < 4.78 is 6.91. The molecule has 8 nitrogen and oxygen atoms in total. The Bertz CT molecular complexity index is 1500. The van der Waals surface area contributed by atoms with Crippen molar-refractivity contribution in [1.29, 1.82) is 0 Å². The number of anilines is 2. The summed E-state index contributed by atoms with van der Waals surface area (Å²) in [7, 11) is 1.32. The molecule has 1 aromatic carbocycles. The van der Waals surface area contributed by atoms with Crippen molar-refractivity contribution in [2.45, 2.75) is 13.1 Å². The van der Waals surface area contributed by atoms with Crippen molar-refractivity contribution in [2.24, 2.45) is 0 Å². The minimum atomic E-state index is -0.571. The molecule has 0 aliphatic heterocycles. The Hall–Kier alpha value is -4.50. The van der Waals surface area contributed by atoms with Gasteiger partial charge in [-0.2, -0.15) is 0 Å². The van der Waals surface area contributed by atoms with E-state index in [-0.39, 0.29) is 11.6 Å². The van der Waals surface area contributed by atoms with Crippen molar-refractivity contribution >= 4 is 45.6 Å². The van der Waals surface area contributed by atoms with Crippen LogP contribution in [-0.2, 0) is 17.8 Å². The lowest BCUT2D eigenvalue weighted by atomic mass is 10.2. The first-order valence-electron chi connectivity index (χ1n) is 11.3. The van der Waals surface area contributed by atoms with Gasteiger partial charge in [-0.05, 0) is 35.2 Å². The maximum Gasteiger partial charge on any atom is 0.356 e. The summed E-state index contributed by atoms with van der Waals surface area (Å²) >= 11 is 1.66. The van der Waals surface area contributed by atoms with Gasteiger partial charge in [-0.3, -0.25) is 9.78 Å². The number of amides is 1. The second kappa shape index (κ2) is 10.4. The van der Waals surface area contributed by atoms with Crippen LogP contribution in [0.25, 0.3) is 11.0 Å². The number of carbonyl (C=O) groups excluding carboxylic acids is 2. The Morgan fingerprint density at radius 1 is 1.06 bits per heavy atom. The lowest BCUT2D eigenvalue weighted by Gasteiger charge is -2.11.